The molecule has 3 aromatic heterocycles. The van der Waals surface area contributed by atoms with Crippen LogP contribution in [0.4, 0.5) is 5.95 Å². The van der Waals surface area contributed by atoms with Crippen molar-refractivity contribution in [2.24, 2.45) is 0 Å². The molecule has 0 aliphatic carbocycles. The van der Waals surface area contributed by atoms with Crippen LogP contribution in [0.3, 0.4) is 0 Å². The number of rotatable bonds is 2. The van der Waals surface area contributed by atoms with Gasteiger partial charge in [-0.15, -0.1) is 11.3 Å². The van der Waals surface area contributed by atoms with E-state index < -0.39 is 0 Å². The number of halogens is 1. The number of nitrogens with two attached hydrogens (primary N) is 1. The maximum absolute atomic E-state index is 6.05. The van der Waals surface area contributed by atoms with Gasteiger partial charge in [-0.3, -0.25) is 0 Å². The Hall–Kier alpha value is -1.66. The quantitative estimate of drug-likeness (QED) is 0.788. The Morgan fingerprint density at radius 2 is 2.21 bits per heavy atom. The Morgan fingerprint density at radius 1 is 1.42 bits per heavy atom. The molecule has 7 heteroatoms. The van der Waals surface area contributed by atoms with Gasteiger partial charge in [0.2, 0.25) is 5.95 Å². The Labute approximate surface area is 119 Å². The first-order chi connectivity index (χ1) is 9.08. The second kappa shape index (κ2) is 4.47. The molecule has 98 valence electrons. The Bertz CT molecular complexity index is 741. The van der Waals surface area contributed by atoms with Crippen LogP contribution in [-0.2, 0) is 6.42 Å². The average Bonchev–Trinajstić information content (AvgIpc) is 2.92. The van der Waals surface area contributed by atoms with E-state index in [4.69, 9.17) is 17.3 Å². The standard InChI is InChI=1S/C12H12ClN5S/c1-3-7-4-8-10(15-12(14)16-11(8)19-7)18-5-9(13)6(2)17-18/h4-5H,3H2,1-2H3,(H2,14,15,16). The van der Waals surface area contributed by atoms with Gasteiger partial charge in [0, 0.05) is 4.88 Å². The summed E-state index contributed by atoms with van der Waals surface area (Å²) in [6, 6.07) is 2.08. The van der Waals surface area contributed by atoms with Gasteiger partial charge in [0.05, 0.1) is 22.3 Å². The zero-order valence-corrected chi connectivity index (χ0v) is 12.1. The maximum atomic E-state index is 6.05. The van der Waals surface area contributed by atoms with Crippen molar-refractivity contribution in [3.05, 3.63) is 27.9 Å². The van der Waals surface area contributed by atoms with E-state index in [-0.39, 0.29) is 5.95 Å². The van der Waals surface area contributed by atoms with Crippen LogP contribution < -0.4 is 5.73 Å². The van der Waals surface area contributed by atoms with Crippen molar-refractivity contribution in [2.75, 3.05) is 5.73 Å². The predicted molar refractivity (Wildman–Crippen MR) is 78.1 cm³/mol. The van der Waals surface area contributed by atoms with Gasteiger partial charge < -0.3 is 5.73 Å². The molecule has 19 heavy (non-hydrogen) atoms. The highest BCUT2D eigenvalue weighted by Crippen LogP contribution is 2.29. The van der Waals surface area contributed by atoms with E-state index in [0.717, 1.165) is 22.3 Å². The number of hydrogen-bond donors (Lipinski definition) is 1. The van der Waals surface area contributed by atoms with Crippen LogP contribution in [0.15, 0.2) is 12.3 Å². The molecule has 0 aliphatic heterocycles. The molecule has 0 radical (unpaired) electrons. The first-order valence-corrected chi connectivity index (χ1v) is 7.06. The molecule has 3 aromatic rings. The van der Waals surface area contributed by atoms with E-state index in [9.17, 15) is 0 Å². The lowest BCUT2D eigenvalue weighted by atomic mass is 10.3. The number of aryl methyl sites for hydroxylation is 2. The number of nitrogens with zero attached hydrogens (tertiary/aromatic N) is 4. The summed E-state index contributed by atoms with van der Waals surface area (Å²) in [7, 11) is 0. The highest BCUT2D eigenvalue weighted by atomic mass is 35.5. The van der Waals surface area contributed by atoms with Crippen LogP contribution in [0.2, 0.25) is 5.02 Å². The Morgan fingerprint density at radius 3 is 2.84 bits per heavy atom. The minimum Gasteiger partial charge on any atom is -0.368 e. The van der Waals surface area contributed by atoms with Gasteiger partial charge in [-0.2, -0.15) is 10.1 Å². The van der Waals surface area contributed by atoms with Gasteiger partial charge >= 0.3 is 0 Å². The van der Waals surface area contributed by atoms with Crippen LogP contribution >= 0.6 is 22.9 Å². The summed E-state index contributed by atoms with van der Waals surface area (Å²) in [5.74, 6) is 0.921. The molecule has 0 amide bonds. The molecule has 3 rings (SSSR count). The lowest BCUT2D eigenvalue weighted by Gasteiger charge is -2.02. The van der Waals surface area contributed by atoms with Crippen LogP contribution in [-0.4, -0.2) is 19.7 Å². The third-order valence-corrected chi connectivity index (χ3v) is 4.39. The molecule has 5 nitrogen and oxygen atoms in total. The molecule has 0 saturated carbocycles. The van der Waals surface area contributed by atoms with E-state index in [2.05, 4.69) is 28.1 Å². The smallest absolute Gasteiger partial charge is 0.223 e. The van der Waals surface area contributed by atoms with E-state index in [1.807, 2.05) is 6.92 Å². The summed E-state index contributed by atoms with van der Waals surface area (Å²) in [4.78, 5) is 10.7. The largest absolute Gasteiger partial charge is 0.368 e. The molecule has 0 fully saturated rings. The minimum atomic E-state index is 0.247. The molecule has 3 heterocycles. The van der Waals surface area contributed by atoms with Gasteiger partial charge in [0.15, 0.2) is 5.82 Å². The van der Waals surface area contributed by atoms with E-state index >= 15 is 0 Å². The monoisotopic (exact) mass is 293 g/mol. The third kappa shape index (κ3) is 2.06. The molecule has 0 spiro atoms. The summed E-state index contributed by atoms with van der Waals surface area (Å²) in [6.45, 7) is 3.96. The second-order valence-corrected chi connectivity index (χ2v) is 5.72. The highest BCUT2D eigenvalue weighted by Gasteiger charge is 2.13. The number of aromatic nitrogens is 4. The second-order valence-electron chi connectivity index (χ2n) is 4.20. The summed E-state index contributed by atoms with van der Waals surface area (Å²) in [6.07, 6.45) is 2.70. The summed E-state index contributed by atoms with van der Waals surface area (Å²) < 4.78 is 1.66. The fraction of sp³-hybridized carbons (Fsp3) is 0.250. The van der Waals surface area contributed by atoms with E-state index in [0.29, 0.717) is 10.8 Å². The molecule has 0 unspecified atom stereocenters. The van der Waals surface area contributed by atoms with Gasteiger partial charge in [-0.05, 0) is 19.4 Å². The van der Waals surface area contributed by atoms with Crippen LogP contribution in [0.5, 0.6) is 0 Å². The molecular formula is C12H12ClN5S. The minimum absolute atomic E-state index is 0.247. The zero-order valence-electron chi connectivity index (χ0n) is 10.5. The Kier molecular flexibility index (Phi) is 2.91. The van der Waals surface area contributed by atoms with Crippen molar-refractivity contribution in [1.82, 2.24) is 19.7 Å². The highest BCUT2D eigenvalue weighted by molar-refractivity contribution is 7.18. The van der Waals surface area contributed by atoms with Crippen molar-refractivity contribution in [3.63, 3.8) is 0 Å². The maximum Gasteiger partial charge on any atom is 0.223 e. The number of fused-ring (bicyclic) bond motifs is 1. The number of nitrogen functional groups attached to an aromatic ring is 1. The van der Waals surface area contributed by atoms with Crippen molar-refractivity contribution < 1.29 is 0 Å². The van der Waals surface area contributed by atoms with Crippen LogP contribution in [0, 0.1) is 6.92 Å². The normalized spacial score (nSPS) is 11.3. The molecule has 0 saturated heterocycles. The fourth-order valence-corrected chi connectivity index (χ4v) is 2.97. The Balaban J connectivity index is 2.29. The van der Waals surface area contributed by atoms with Gasteiger partial charge in [-0.25, -0.2) is 9.67 Å². The fourth-order valence-electron chi connectivity index (χ4n) is 1.87. The number of thiophene rings is 1. The number of anilines is 1. The summed E-state index contributed by atoms with van der Waals surface area (Å²) in [5.41, 5.74) is 6.53. The number of hydrogen-bond acceptors (Lipinski definition) is 5. The molecular weight excluding hydrogens is 282 g/mol. The first-order valence-electron chi connectivity index (χ1n) is 5.86. The van der Waals surface area contributed by atoms with Crippen LogP contribution in [0.1, 0.15) is 17.5 Å². The average molecular weight is 294 g/mol. The molecule has 0 aliphatic rings. The van der Waals surface area contributed by atoms with Gasteiger partial charge in [0.1, 0.15) is 4.83 Å². The lowest BCUT2D eigenvalue weighted by Crippen LogP contribution is -2.03. The van der Waals surface area contributed by atoms with E-state index in [1.54, 1.807) is 22.2 Å². The van der Waals surface area contributed by atoms with Gasteiger partial charge in [0.25, 0.3) is 0 Å². The third-order valence-electron chi connectivity index (χ3n) is 2.85. The van der Waals surface area contributed by atoms with Crippen molar-refractivity contribution in [3.8, 4) is 5.82 Å². The van der Waals surface area contributed by atoms with Crippen molar-refractivity contribution in [1.29, 1.82) is 0 Å². The summed E-state index contributed by atoms with van der Waals surface area (Å²) in [5, 5.41) is 5.91. The SMILES string of the molecule is CCc1cc2c(-n3cc(Cl)c(C)n3)nc(N)nc2s1. The van der Waals surface area contributed by atoms with E-state index in [1.165, 1.54) is 4.88 Å². The molecule has 0 atom stereocenters. The predicted octanol–water partition coefficient (Wildman–Crippen LogP) is 2.98. The molecule has 0 bridgehead atoms. The zero-order chi connectivity index (χ0) is 13.6. The summed E-state index contributed by atoms with van der Waals surface area (Å²) >= 11 is 7.67. The first kappa shape index (κ1) is 12.4. The van der Waals surface area contributed by atoms with Crippen LogP contribution in [0.25, 0.3) is 16.0 Å². The topological polar surface area (TPSA) is 69.6 Å². The van der Waals surface area contributed by atoms with Gasteiger partial charge in [-0.1, -0.05) is 18.5 Å². The van der Waals surface area contributed by atoms with Crippen molar-refractivity contribution >= 4 is 39.1 Å². The molecule has 2 N–H and O–H groups in total. The van der Waals surface area contributed by atoms with Crippen molar-refractivity contribution in [2.45, 2.75) is 20.3 Å². The molecule has 0 aromatic carbocycles. The lowest BCUT2D eigenvalue weighted by molar-refractivity contribution is 0.839.